The van der Waals surface area contributed by atoms with Gasteiger partial charge in [0, 0.05) is 6.08 Å². The molecule has 10 nitrogen and oxygen atoms in total. The van der Waals surface area contributed by atoms with E-state index >= 15 is 0 Å². The van der Waals surface area contributed by atoms with E-state index in [0.29, 0.717) is 4.68 Å². The van der Waals surface area contributed by atoms with Gasteiger partial charge in [-0.15, -0.1) is 4.80 Å². The van der Waals surface area contributed by atoms with Crippen molar-refractivity contribution < 1.29 is 22.8 Å². The summed E-state index contributed by atoms with van der Waals surface area (Å²) < 4.78 is 43.0. The molecule has 0 bridgehead atoms. The van der Waals surface area contributed by atoms with Gasteiger partial charge in [-0.05, 0) is 18.2 Å². The van der Waals surface area contributed by atoms with Gasteiger partial charge in [0.1, 0.15) is 0 Å². The van der Waals surface area contributed by atoms with Gasteiger partial charge in [-0.3, -0.25) is 9.59 Å². The summed E-state index contributed by atoms with van der Waals surface area (Å²) in [5.74, 6) is -2.14. The molecular weight excluding hydrogens is 489 g/mol. The Kier molecular flexibility index (Phi) is 5.40. The van der Waals surface area contributed by atoms with Crippen LogP contribution in [0.15, 0.2) is 66.2 Å². The number of halogens is 4. The number of pyridine rings is 1. The maximum Gasteiger partial charge on any atom is 0.434 e. The SMILES string of the molecule is O=C1C=CC2C(n3ncc(C(=O)Nc4cnc(-n5nccn5)c(Cl)c4)c3C(F)(F)F)=CC=CC2=N1. The fraction of sp³-hybridized carbons (Fsp3) is 0.0952. The number of dihydropyridines is 1. The molecule has 176 valence electrons. The zero-order chi connectivity index (χ0) is 24.7. The number of aliphatic imine (C=N–C) groups is 1. The van der Waals surface area contributed by atoms with Crippen molar-refractivity contribution in [3.8, 4) is 5.82 Å². The number of anilines is 1. The average molecular weight is 501 g/mol. The van der Waals surface area contributed by atoms with Gasteiger partial charge < -0.3 is 5.32 Å². The first-order chi connectivity index (χ1) is 16.7. The summed E-state index contributed by atoms with van der Waals surface area (Å²) >= 11 is 6.17. The average Bonchev–Trinajstić information content (AvgIpc) is 3.49. The summed E-state index contributed by atoms with van der Waals surface area (Å²) in [5.41, 5.74) is -1.58. The number of nitrogens with one attached hydrogen (secondary N) is 1. The summed E-state index contributed by atoms with van der Waals surface area (Å²) in [6.07, 6.45) is 6.94. The summed E-state index contributed by atoms with van der Waals surface area (Å²) in [7, 11) is 0. The molecule has 1 atom stereocenters. The molecule has 0 aromatic carbocycles. The van der Waals surface area contributed by atoms with E-state index in [1.165, 1.54) is 55.0 Å². The second-order valence-corrected chi connectivity index (χ2v) is 7.69. The normalized spacial score (nSPS) is 17.1. The molecule has 0 fully saturated rings. The lowest BCUT2D eigenvalue weighted by atomic mass is 9.92. The number of carbonyl (C=O) groups is 2. The topological polar surface area (TPSA) is 120 Å². The molecule has 1 aliphatic heterocycles. The molecule has 1 aliphatic carbocycles. The standard InChI is InChI=1S/C21H12ClF3N8O2/c22-14-8-11(9-26-19(14)33-27-6-7-28-33)30-20(35)13-10-29-32(18(13)21(23,24)25)16-3-1-2-15-12(16)4-5-17(34)31-15/h1-10,12H,(H,30,35). The predicted molar refractivity (Wildman–Crippen MR) is 118 cm³/mol. The number of hydrogen-bond donors (Lipinski definition) is 1. The third-order valence-corrected chi connectivity index (χ3v) is 5.33. The summed E-state index contributed by atoms with van der Waals surface area (Å²) in [5, 5.41) is 14.1. The van der Waals surface area contributed by atoms with Crippen molar-refractivity contribution in [3.63, 3.8) is 0 Å². The first-order valence-corrected chi connectivity index (χ1v) is 10.3. The molecule has 3 aromatic rings. The smallest absolute Gasteiger partial charge is 0.320 e. The number of fused-ring (bicyclic) bond motifs is 1. The monoisotopic (exact) mass is 500 g/mol. The Hall–Kier alpha value is -4.39. The Morgan fingerprint density at radius 2 is 1.89 bits per heavy atom. The van der Waals surface area contributed by atoms with Gasteiger partial charge in [0.05, 0.1) is 58.4 Å². The van der Waals surface area contributed by atoms with Crippen LogP contribution in [0, 0.1) is 5.92 Å². The fourth-order valence-electron chi connectivity index (χ4n) is 3.61. The van der Waals surface area contributed by atoms with E-state index in [0.717, 1.165) is 11.0 Å². The number of aromatic nitrogens is 6. The van der Waals surface area contributed by atoms with E-state index in [1.54, 1.807) is 0 Å². The zero-order valence-corrected chi connectivity index (χ0v) is 18.1. The maximum atomic E-state index is 14.1. The van der Waals surface area contributed by atoms with Crippen molar-refractivity contribution >= 4 is 40.5 Å². The molecule has 2 amide bonds. The van der Waals surface area contributed by atoms with Crippen molar-refractivity contribution in [3.05, 3.63) is 77.5 Å². The van der Waals surface area contributed by atoms with Crippen LogP contribution < -0.4 is 5.32 Å². The molecule has 14 heteroatoms. The Labute approximate surface area is 199 Å². The molecular formula is C21H12ClF3N8O2. The van der Waals surface area contributed by atoms with Crippen LogP contribution in [-0.2, 0) is 11.0 Å². The highest BCUT2D eigenvalue weighted by atomic mass is 35.5. The van der Waals surface area contributed by atoms with E-state index < -0.39 is 35.2 Å². The Morgan fingerprint density at radius 1 is 1.11 bits per heavy atom. The lowest BCUT2D eigenvalue weighted by molar-refractivity contribution is -0.143. The lowest BCUT2D eigenvalue weighted by Gasteiger charge is -2.24. The molecule has 0 radical (unpaired) electrons. The summed E-state index contributed by atoms with van der Waals surface area (Å²) in [6, 6.07) is 1.31. The molecule has 0 saturated heterocycles. The highest BCUT2D eigenvalue weighted by molar-refractivity contribution is 6.32. The third kappa shape index (κ3) is 4.17. The number of carbonyl (C=O) groups excluding carboxylic acids is 2. The largest absolute Gasteiger partial charge is 0.434 e. The van der Waals surface area contributed by atoms with E-state index in [-0.39, 0.29) is 27.9 Å². The molecule has 0 saturated carbocycles. The van der Waals surface area contributed by atoms with Crippen molar-refractivity contribution in [1.29, 1.82) is 0 Å². The lowest BCUT2D eigenvalue weighted by Crippen LogP contribution is -2.27. The first-order valence-electron chi connectivity index (χ1n) is 9.90. The number of rotatable bonds is 4. The van der Waals surface area contributed by atoms with Crippen LogP contribution in [0.4, 0.5) is 18.9 Å². The van der Waals surface area contributed by atoms with Gasteiger partial charge in [-0.2, -0.15) is 28.5 Å². The minimum Gasteiger partial charge on any atom is -0.320 e. The van der Waals surface area contributed by atoms with Crippen molar-refractivity contribution in [2.45, 2.75) is 6.18 Å². The van der Waals surface area contributed by atoms with Gasteiger partial charge >= 0.3 is 6.18 Å². The zero-order valence-electron chi connectivity index (χ0n) is 17.3. The second-order valence-electron chi connectivity index (χ2n) is 7.28. The summed E-state index contributed by atoms with van der Waals surface area (Å²) in [6.45, 7) is 0. The predicted octanol–water partition coefficient (Wildman–Crippen LogP) is 3.35. The van der Waals surface area contributed by atoms with Gasteiger partial charge in [0.25, 0.3) is 11.8 Å². The highest BCUT2D eigenvalue weighted by Crippen LogP contribution is 2.37. The van der Waals surface area contributed by atoms with Crippen LogP contribution in [0.1, 0.15) is 16.1 Å². The van der Waals surface area contributed by atoms with Gasteiger partial charge in [-0.1, -0.05) is 23.8 Å². The maximum absolute atomic E-state index is 14.1. The van der Waals surface area contributed by atoms with Gasteiger partial charge in [-0.25, -0.2) is 14.7 Å². The third-order valence-electron chi connectivity index (χ3n) is 5.06. The highest BCUT2D eigenvalue weighted by Gasteiger charge is 2.42. The molecule has 1 N–H and O–H groups in total. The van der Waals surface area contributed by atoms with E-state index in [4.69, 9.17) is 11.6 Å². The minimum atomic E-state index is -4.93. The van der Waals surface area contributed by atoms with Crippen LogP contribution >= 0.6 is 11.6 Å². The second kappa shape index (κ2) is 8.43. The fourth-order valence-corrected chi connectivity index (χ4v) is 3.85. The van der Waals surface area contributed by atoms with Crippen LogP contribution in [-0.4, -0.2) is 47.3 Å². The number of amides is 2. The number of hydrogen-bond acceptors (Lipinski definition) is 6. The van der Waals surface area contributed by atoms with Gasteiger partial charge in [0.15, 0.2) is 11.5 Å². The van der Waals surface area contributed by atoms with Crippen molar-refractivity contribution in [1.82, 2.24) is 29.8 Å². The van der Waals surface area contributed by atoms with E-state index in [1.807, 2.05) is 0 Å². The molecule has 4 heterocycles. The van der Waals surface area contributed by atoms with Crippen LogP contribution in [0.5, 0.6) is 0 Å². The van der Waals surface area contributed by atoms with E-state index in [2.05, 4.69) is 30.6 Å². The Morgan fingerprint density at radius 3 is 2.60 bits per heavy atom. The van der Waals surface area contributed by atoms with Crippen molar-refractivity contribution in [2.24, 2.45) is 10.9 Å². The van der Waals surface area contributed by atoms with Crippen LogP contribution in [0.2, 0.25) is 5.02 Å². The molecule has 5 rings (SSSR count). The molecule has 0 spiro atoms. The van der Waals surface area contributed by atoms with Crippen molar-refractivity contribution in [2.75, 3.05) is 5.32 Å². The molecule has 3 aromatic heterocycles. The first kappa shape index (κ1) is 22.4. The minimum absolute atomic E-state index is 0.0553. The van der Waals surface area contributed by atoms with Crippen LogP contribution in [0.25, 0.3) is 11.5 Å². The Balaban J connectivity index is 1.48. The molecule has 2 aliphatic rings. The van der Waals surface area contributed by atoms with E-state index in [9.17, 15) is 22.8 Å². The van der Waals surface area contributed by atoms with Crippen LogP contribution in [0.3, 0.4) is 0 Å². The quantitative estimate of drug-likeness (QED) is 0.586. The Bertz CT molecular complexity index is 1470. The summed E-state index contributed by atoms with van der Waals surface area (Å²) in [4.78, 5) is 33.4. The molecule has 35 heavy (non-hydrogen) atoms. The van der Waals surface area contributed by atoms with Gasteiger partial charge in [0.2, 0.25) is 0 Å². The number of allylic oxidation sites excluding steroid dienone is 5. The molecule has 1 unspecified atom stereocenters. The number of alkyl halides is 3. The number of nitrogens with zero attached hydrogens (tertiary/aromatic N) is 7.